The molecular weight excluding hydrogens is 335 g/mol. The second-order valence-corrected chi connectivity index (χ2v) is 5.60. The molecule has 132 valence electrons. The average Bonchev–Trinajstić information content (AvgIpc) is 2.54. The van der Waals surface area contributed by atoms with Crippen molar-refractivity contribution in [2.45, 2.75) is 19.5 Å². The molecule has 0 heterocycles. The van der Waals surface area contributed by atoms with Crippen LogP contribution in [-0.2, 0) is 17.4 Å². The number of rotatable bonds is 5. The molecule has 0 bridgehead atoms. The highest BCUT2D eigenvalue weighted by Crippen LogP contribution is 2.33. The van der Waals surface area contributed by atoms with Gasteiger partial charge in [-0.15, -0.1) is 0 Å². The lowest BCUT2D eigenvalue weighted by Gasteiger charge is -2.17. The summed E-state index contributed by atoms with van der Waals surface area (Å²) >= 11 is 0. The minimum Gasteiger partial charge on any atom is -0.478 e. The number of carboxylic acid groups (broad SMARTS) is 1. The Hall–Kier alpha value is -2.83. The van der Waals surface area contributed by atoms with Crippen molar-refractivity contribution in [3.05, 3.63) is 65.2 Å². The quantitative estimate of drug-likeness (QED) is 0.848. The molecule has 1 amide bonds. The van der Waals surface area contributed by atoms with Crippen molar-refractivity contribution in [1.29, 1.82) is 0 Å². The van der Waals surface area contributed by atoms with Crippen LogP contribution in [0, 0.1) is 5.92 Å². The number of anilines is 1. The second-order valence-electron chi connectivity index (χ2n) is 5.60. The number of nitrogens with one attached hydrogen (secondary N) is 1. The zero-order valence-corrected chi connectivity index (χ0v) is 13.3. The molecule has 0 radical (unpaired) electrons. The van der Waals surface area contributed by atoms with E-state index in [1.54, 1.807) is 6.07 Å². The molecule has 2 rings (SSSR count). The predicted octanol–water partition coefficient (Wildman–Crippen LogP) is 4.22. The molecular formula is C18H16F3NO3. The Bertz CT molecular complexity index is 787. The van der Waals surface area contributed by atoms with Gasteiger partial charge < -0.3 is 10.4 Å². The van der Waals surface area contributed by atoms with Gasteiger partial charge in [-0.3, -0.25) is 4.79 Å². The van der Waals surface area contributed by atoms with Gasteiger partial charge >= 0.3 is 12.1 Å². The van der Waals surface area contributed by atoms with Gasteiger partial charge in [0.05, 0.1) is 16.8 Å². The minimum atomic E-state index is -4.50. The number of carboxylic acids is 1. The summed E-state index contributed by atoms with van der Waals surface area (Å²) in [5, 5.41) is 11.6. The Morgan fingerprint density at radius 2 is 1.68 bits per heavy atom. The molecule has 0 saturated carbocycles. The molecule has 1 atom stereocenters. The standard InChI is InChI=1S/C18H16F3NO3/c1-11(10-12-6-2-4-8-14(12)18(19,20)21)16(23)22-15-9-5-3-7-13(15)17(24)25/h2-9,11H,10H2,1H3,(H,22,23)(H,24,25). The predicted molar refractivity (Wildman–Crippen MR) is 86.3 cm³/mol. The molecule has 0 aliphatic heterocycles. The first-order valence-electron chi connectivity index (χ1n) is 7.48. The van der Waals surface area contributed by atoms with Crippen molar-refractivity contribution >= 4 is 17.6 Å². The van der Waals surface area contributed by atoms with Crippen LogP contribution in [0.3, 0.4) is 0 Å². The number of halogens is 3. The summed E-state index contributed by atoms with van der Waals surface area (Å²) in [6.45, 7) is 1.49. The van der Waals surface area contributed by atoms with Crippen LogP contribution in [0.1, 0.15) is 28.4 Å². The van der Waals surface area contributed by atoms with E-state index < -0.39 is 29.5 Å². The Morgan fingerprint density at radius 1 is 1.08 bits per heavy atom. The molecule has 0 aliphatic carbocycles. The summed E-state index contributed by atoms with van der Waals surface area (Å²) < 4.78 is 39.1. The number of hydrogen-bond donors (Lipinski definition) is 2. The largest absolute Gasteiger partial charge is 0.478 e. The van der Waals surface area contributed by atoms with E-state index in [0.717, 1.165) is 6.07 Å². The fourth-order valence-electron chi connectivity index (χ4n) is 2.43. The SMILES string of the molecule is CC(Cc1ccccc1C(F)(F)F)C(=O)Nc1ccccc1C(=O)O. The van der Waals surface area contributed by atoms with E-state index in [0.29, 0.717) is 0 Å². The molecule has 25 heavy (non-hydrogen) atoms. The van der Waals surface area contributed by atoms with E-state index in [-0.39, 0.29) is 23.2 Å². The van der Waals surface area contributed by atoms with Gasteiger partial charge in [-0.05, 0) is 30.2 Å². The zero-order chi connectivity index (χ0) is 18.6. The number of amides is 1. The van der Waals surface area contributed by atoms with Crippen LogP contribution in [0.5, 0.6) is 0 Å². The summed E-state index contributed by atoms with van der Waals surface area (Å²) in [6, 6.07) is 10.9. The monoisotopic (exact) mass is 351 g/mol. The van der Waals surface area contributed by atoms with Crippen molar-refractivity contribution in [2.24, 2.45) is 5.92 Å². The lowest BCUT2D eigenvalue weighted by Crippen LogP contribution is -2.24. The van der Waals surface area contributed by atoms with Gasteiger partial charge in [-0.25, -0.2) is 4.79 Å². The van der Waals surface area contributed by atoms with Gasteiger partial charge in [0.1, 0.15) is 0 Å². The van der Waals surface area contributed by atoms with E-state index in [4.69, 9.17) is 5.11 Å². The number of carbonyl (C=O) groups is 2. The van der Waals surface area contributed by atoms with Crippen molar-refractivity contribution < 1.29 is 27.9 Å². The molecule has 2 aromatic carbocycles. The van der Waals surface area contributed by atoms with Crippen molar-refractivity contribution in [2.75, 3.05) is 5.32 Å². The van der Waals surface area contributed by atoms with Gasteiger partial charge in [-0.2, -0.15) is 13.2 Å². The number of hydrogen-bond acceptors (Lipinski definition) is 2. The molecule has 0 aliphatic rings. The molecule has 2 N–H and O–H groups in total. The lowest BCUT2D eigenvalue weighted by molar-refractivity contribution is -0.138. The van der Waals surface area contributed by atoms with Crippen molar-refractivity contribution in [3.63, 3.8) is 0 Å². The number of carbonyl (C=O) groups excluding carboxylic acids is 1. The third-order valence-corrected chi connectivity index (χ3v) is 3.71. The summed E-state index contributed by atoms with van der Waals surface area (Å²) in [4.78, 5) is 23.4. The van der Waals surface area contributed by atoms with Gasteiger partial charge in [-0.1, -0.05) is 37.3 Å². The molecule has 2 aromatic rings. The zero-order valence-electron chi connectivity index (χ0n) is 13.3. The number of benzene rings is 2. The van der Waals surface area contributed by atoms with E-state index in [9.17, 15) is 22.8 Å². The van der Waals surface area contributed by atoms with Gasteiger partial charge in [0.15, 0.2) is 0 Å². The Morgan fingerprint density at radius 3 is 2.32 bits per heavy atom. The fraction of sp³-hybridized carbons (Fsp3) is 0.222. The Balaban J connectivity index is 2.16. The molecule has 0 saturated heterocycles. The van der Waals surface area contributed by atoms with Gasteiger partial charge in [0.2, 0.25) is 5.91 Å². The number of aromatic carboxylic acids is 1. The van der Waals surface area contributed by atoms with Crippen molar-refractivity contribution in [1.82, 2.24) is 0 Å². The first-order chi connectivity index (χ1) is 11.7. The smallest absolute Gasteiger partial charge is 0.416 e. The van der Waals surface area contributed by atoms with Crippen LogP contribution in [0.15, 0.2) is 48.5 Å². The third kappa shape index (κ3) is 4.59. The molecule has 0 aromatic heterocycles. The van der Waals surface area contributed by atoms with Crippen molar-refractivity contribution in [3.8, 4) is 0 Å². The van der Waals surface area contributed by atoms with E-state index >= 15 is 0 Å². The van der Waals surface area contributed by atoms with Crippen LogP contribution in [0.4, 0.5) is 18.9 Å². The van der Waals surface area contributed by atoms with E-state index in [1.165, 1.54) is 43.3 Å². The lowest BCUT2D eigenvalue weighted by atomic mass is 9.95. The molecule has 4 nitrogen and oxygen atoms in total. The van der Waals surface area contributed by atoms with E-state index in [1.807, 2.05) is 0 Å². The summed E-state index contributed by atoms with van der Waals surface area (Å²) in [6.07, 6.45) is -4.61. The molecule has 0 fully saturated rings. The second kappa shape index (κ2) is 7.38. The highest BCUT2D eigenvalue weighted by atomic mass is 19.4. The van der Waals surface area contributed by atoms with Crippen LogP contribution < -0.4 is 5.32 Å². The highest BCUT2D eigenvalue weighted by Gasteiger charge is 2.33. The van der Waals surface area contributed by atoms with Crippen LogP contribution in [-0.4, -0.2) is 17.0 Å². The molecule has 0 spiro atoms. The third-order valence-electron chi connectivity index (χ3n) is 3.71. The molecule has 7 heteroatoms. The number of para-hydroxylation sites is 1. The fourth-order valence-corrected chi connectivity index (χ4v) is 2.43. The minimum absolute atomic E-state index is 0.0177. The first-order valence-corrected chi connectivity index (χ1v) is 7.48. The normalized spacial score (nSPS) is 12.5. The van der Waals surface area contributed by atoms with Crippen LogP contribution >= 0.6 is 0 Å². The summed E-state index contributed by atoms with van der Waals surface area (Å²) in [5.41, 5.74) is -0.737. The topological polar surface area (TPSA) is 66.4 Å². The maximum absolute atomic E-state index is 13.0. The Labute approximate surface area is 142 Å². The van der Waals surface area contributed by atoms with Crippen LogP contribution in [0.25, 0.3) is 0 Å². The molecule has 1 unspecified atom stereocenters. The average molecular weight is 351 g/mol. The van der Waals surface area contributed by atoms with E-state index in [2.05, 4.69) is 5.32 Å². The van der Waals surface area contributed by atoms with Gasteiger partial charge in [0.25, 0.3) is 0 Å². The van der Waals surface area contributed by atoms with Crippen LogP contribution in [0.2, 0.25) is 0 Å². The maximum atomic E-state index is 13.0. The van der Waals surface area contributed by atoms with Gasteiger partial charge in [0, 0.05) is 5.92 Å². The highest BCUT2D eigenvalue weighted by molar-refractivity contribution is 6.01. The maximum Gasteiger partial charge on any atom is 0.416 e. The first kappa shape index (κ1) is 18.5. The Kier molecular flexibility index (Phi) is 5.46. The summed E-state index contributed by atoms with van der Waals surface area (Å²) in [5.74, 6) is -2.53. The number of alkyl halides is 3. The summed E-state index contributed by atoms with van der Waals surface area (Å²) in [7, 11) is 0.